The fraction of sp³-hybridized carbons (Fsp3) is 0.455. The van der Waals surface area contributed by atoms with Crippen LogP contribution in [0.2, 0.25) is 0 Å². The fourth-order valence-electron chi connectivity index (χ4n) is 1.88. The minimum atomic E-state index is -0.840. The van der Waals surface area contributed by atoms with E-state index in [4.69, 9.17) is 9.84 Å². The molecule has 0 aliphatic carbocycles. The molecule has 0 saturated carbocycles. The summed E-state index contributed by atoms with van der Waals surface area (Å²) < 4.78 is 32.0. The minimum absolute atomic E-state index is 0.138. The number of aliphatic hydroxyl groups is 2. The lowest BCUT2D eigenvalue weighted by Gasteiger charge is -2.13. The van der Waals surface area contributed by atoms with E-state index in [0.29, 0.717) is 0 Å². The first-order chi connectivity index (χ1) is 8.02. The Bertz CT molecular complexity index is 427. The number of hydrogen-bond acceptors (Lipinski definition) is 3. The largest absolute Gasteiger partial charge is 0.394 e. The molecule has 0 aromatic heterocycles. The first kappa shape index (κ1) is 12.9. The highest BCUT2D eigenvalue weighted by Gasteiger charge is 2.35. The van der Waals surface area contributed by atoms with Crippen molar-refractivity contribution < 1.29 is 23.7 Å². The minimum Gasteiger partial charge on any atom is -0.394 e. The van der Waals surface area contributed by atoms with Crippen LogP contribution in [-0.4, -0.2) is 29.0 Å². The Morgan fingerprint density at radius 3 is 2.65 bits per heavy atom. The quantitative estimate of drug-likeness (QED) is 0.821. The maximum absolute atomic E-state index is 13.6. The normalized spacial score (nSPS) is 28.6. The van der Waals surface area contributed by atoms with Crippen LogP contribution in [0.5, 0.6) is 0 Å². The molecule has 0 unspecified atom stereocenters. The van der Waals surface area contributed by atoms with Crippen molar-refractivity contribution >= 4 is 15.9 Å². The van der Waals surface area contributed by atoms with Crippen LogP contribution in [0.1, 0.15) is 18.1 Å². The van der Waals surface area contributed by atoms with Crippen molar-refractivity contribution in [3.8, 4) is 0 Å². The molecule has 1 aromatic carbocycles. The molecule has 0 radical (unpaired) electrons. The van der Waals surface area contributed by atoms with Crippen LogP contribution in [0.3, 0.4) is 0 Å². The van der Waals surface area contributed by atoms with Gasteiger partial charge in [-0.05, 0) is 22.0 Å². The highest BCUT2D eigenvalue weighted by Crippen LogP contribution is 2.36. The van der Waals surface area contributed by atoms with Crippen molar-refractivity contribution in [1.29, 1.82) is 0 Å². The van der Waals surface area contributed by atoms with Crippen molar-refractivity contribution in [1.82, 2.24) is 0 Å². The van der Waals surface area contributed by atoms with E-state index in [1.54, 1.807) is 0 Å². The molecule has 94 valence electrons. The molecular weight excluding hydrogens is 298 g/mol. The van der Waals surface area contributed by atoms with Gasteiger partial charge in [0.1, 0.15) is 17.7 Å². The molecule has 1 fully saturated rings. The van der Waals surface area contributed by atoms with Gasteiger partial charge in [0.15, 0.2) is 0 Å². The standard InChI is InChI=1S/C11H11BrF2O3/c12-6-1-5(7(13)2-8(6)14)10-3-9(16)11(4-15)17-10/h1-2,9-11,15-16H,3-4H2/t9-,10+,11+/m0/s1. The van der Waals surface area contributed by atoms with E-state index in [0.717, 1.165) is 6.07 Å². The van der Waals surface area contributed by atoms with Gasteiger partial charge in [0.2, 0.25) is 0 Å². The van der Waals surface area contributed by atoms with Gasteiger partial charge in [0.05, 0.1) is 23.3 Å². The Morgan fingerprint density at radius 1 is 1.35 bits per heavy atom. The molecule has 1 aliphatic rings. The Morgan fingerprint density at radius 2 is 2.06 bits per heavy atom. The molecule has 3 atom stereocenters. The summed E-state index contributed by atoms with van der Waals surface area (Å²) in [5.74, 6) is -1.41. The van der Waals surface area contributed by atoms with Crippen LogP contribution >= 0.6 is 15.9 Å². The maximum Gasteiger partial charge on any atom is 0.140 e. The first-order valence-electron chi connectivity index (χ1n) is 5.11. The third-order valence-electron chi connectivity index (χ3n) is 2.79. The molecular formula is C11H11BrF2O3. The van der Waals surface area contributed by atoms with Crippen LogP contribution in [0.4, 0.5) is 8.78 Å². The van der Waals surface area contributed by atoms with Gasteiger partial charge in [0.25, 0.3) is 0 Å². The summed E-state index contributed by atoms with van der Waals surface area (Å²) in [4.78, 5) is 0. The summed E-state index contributed by atoms with van der Waals surface area (Å²) >= 11 is 2.97. The predicted octanol–water partition coefficient (Wildman–Crippen LogP) is 1.91. The lowest BCUT2D eigenvalue weighted by Crippen LogP contribution is -2.24. The van der Waals surface area contributed by atoms with Gasteiger partial charge in [-0.2, -0.15) is 0 Å². The topological polar surface area (TPSA) is 49.7 Å². The summed E-state index contributed by atoms with van der Waals surface area (Å²) in [7, 11) is 0. The summed E-state index contributed by atoms with van der Waals surface area (Å²) in [5.41, 5.74) is 0.174. The van der Waals surface area contributed by atoms with Gasteiger partial charge in [-0.1, -0.05) is 0 Å². The zero-order chi connectivity index (χ0) is 12.6. The Balaban J connectivity index is 2.27. The number of halogens is 3. The highest BCUT2D eigenvalue weighted by atomic mass is 79.9. The van der Waals surface area contributed by atoms with E-state index in [9.17, 15) is 13.9 Å². The van der Waals surface area contributed by atoms with Gasteiger partial charge in [-0.3, -0.25) is 0 Å². The van der Waals surface area contributed by atoms with Gasteiger partial charge < -0.3 is 14.9 Å². The number of ether oxygens (including phenoxy) is 1. The van der Waals surface area contributed by atoms with Crippen molar-refractivity contribution in [3.63, 3.8) is 0 Å². The fourth-order valence-corrected chi connectivity index (χ4v) is 2.24. The SMILES string of the molecule is OC[C@H]1O[C@@H](c2cc(Br)c(F)cc2F)C[C@@H]1O. The van der Waals surface area contributed by atoms with E-state index in [1.165, 1.54) is 6.07 Å². The van der Waals surface area contributed by atoms with E-state index in [2.05, 4.69) is 15.9 Å². The second kappa shape index (κ2) is 4.97. The Labute approximate surface area is 105 Å². The molecule has 2 N–H and O–H groups in total. The van der Waals surface area contributed by atoms with Crippen molar-refractivity contribution in [3.05, 3.63) is 33.8 Å². The average molecular weight is 309 g/mol. The zero-order valence-electron chi connectivity index (χ0n) is 8.74. The Kier molecular flexibility index (Phi) is 3.77. The monoisotopic (exact) mass is 308 g/mol. The first-order valence-corrected chi connectivity index (χ1v) is 5.91. The summed E-state index contributed by atoms with van der Waals surface area (Å²) in [6.45, 7) is -0.332. The van der Waals surface area contributed by atoms with Crippen LogP contribution in [0.15, 0.2) is 16.6 Å². The Hall–Kier alpha value is -0.560. The van der Waals surface area contributed by atoms with Gasteiger partial charge >= 0.3 is 0 Å². The lowest BCUT2D eigenvalue weighted by molar-refractivity contribution is -0.0233. The third kappa shape index (κ3) is 2.49. The maximum atomic E-state index is 13.6. The molecule has 17 heavy (non-hydrogen) atoms. The molecule has 0 amide bonds. The van der Waals surface area contributed by atoms with E-state index in [-0.39, 0.29) is 23.1 Å². The number of benzene rings is 1. The summed E-state index contributed by atoms with van der Waals surface area (Å²) in [6.07, 6.45) is -2.05. The molecule has 0 spiro atoms. The summed E-state index contributed by atoms with van der Waals surface area (Å²) in [6, 6.07) is 2.06. The lowest BCUT2D eigenvalue weighted by atomic mass is 10.0. The van der Waals surface area contributed by atoms with E-state index < -0.39 is 29.9 Å². The van der Waals surface area contributed by atoms with Crippen LogP contribution in [0, 0.1) is 11.6 Å². The van der Waals surface area contributed by atoms with Crippen molar-refractivity contribution in [2.45, 2.75) is 24.7 Å². The second-order valence-electron chi connectivity index (χ2n) is 3.94. The number of rotatable bonds is 2. The van der Waals surface area contributed by atoms with Crippen LogP contribution in [0.25, 0.3) is 0 Å². The van der Waals surface area contributed by atoms with Crippen LogP contribution < -0.4 is 0 Å². The third-order valence-corrected chi connectivity index (χ3v) is 3.40. The zero-order valence-corrected chi connectivity index (χ0v) is 10.3. The number of aliphatic hydroxyl groups excluding tert-OH is 2. The average Bonchev–Trinajstić information content (AvgIpc) is 2.65. The van der Waals surface area contributed by atoms with E-state index >= 15 is 0 Å². The second-order valence-corrected chi connectivity index (χ2v) is 4.79. The molecule has 1 heterocycles. The van der Waals surface area contributed by atoms with E-state index in [1.807, 2.05) is 0 Å². The summed E-state index contributed by atoms with van der Waals surface area (Å²) in [5, 5.41) is 18.5. The molecule has 0 bridgehead atoms. The molecule has 1 saturated heterocycles. The predicted molar refractivity (Wildman–Crippen MR) is 59.4 cm³/mol. The van der Waals surface area contributed by atoms with Gasteiger partial charge in [-0.25, -0.2) is 8.78 Å². The van der Waals surface area contributed by atoms with Crippen molar-refractivity contribution in [2.75, 3.05) is 6.61 Å². The van der Waals surface area contributed by atoms with Gasteiger partial charge in [0, 0.05) is 18.1 Å². The molecule has 1 aromatic rings. The number of hydrogen-bond donors (Lipinski definition) is 2. The highest BCUT2D eigenvalue weighted by molar-refractivity contribution is 9.10. The molecule has 2 rings (SSSR count). The molecule has 3 nitrogen and oxygen atoms in total. The van der Waals surface area contributed by atoms with Gasteiger partial charge in [-0.15, -0.1) is 0 Å². The molecule has 1 aliphatic heterocycles. The van der Waals surface area contributed by atoms with Crippen LogP contribution in [-0.2, 0) is 4.74 Å². The molecule has 6 heteroatoms. The smallest absolute Gasteiger partial charge is 0.140 e. The van der Waals surface area contributed by atoms with Crippen molar-refractivity contribution in [2.24, 2.45) is 0 Å².